The largest absolute Gasteiger partial charge is 0.508 e. The molecule has 8 nitrogen and oxygen atoms in total. The summed E-state index contributed by atoms with van der Waals surface area (Å²) in [5.41, 5.74) is 0.614. The second-order valence-corrected chi connectivity index (χ2v) is 3.92. The molecule has 0 saturated carbocycles. The minimum atomic E-state index is -1.25. The molecule has 2 rings (SSSR count). The summed E-state index contributed by atoms with van der Waals surface area (Å²) >= 11 is 0. The number of nitrogens with one attached hydrogen (secondary N) is 3. The third-order valence-electron chi connectivity index (χ3n) is 2.48. The standard InChI is InChI=1S/C12H12N4O4/c17-8-1-2-10(9(3-8)11(18)19)16-12(20)14-5-7-4-13-6-15-7/h1-4,6,17H,5H2,(H,13,15)(H,18,19)(H2,14,16,20). The average molecular weight is 276 g/mol. The number of amides is 2. The van der Waals surface area contributed by atoms with Gasteiger partial charge in [0, 0.05) is 6.20 Å². The summed E-state index contributed by atoms with van der Waals surface area (Å²) in [6.07, 6.45) is 3.04. The Morgan fingerprint density at radius 3 is 2.80 bits per heavy atom. The van der Waals surface area contributed by atoms with Crippen LogP contribution in [0.1, 0.15) is 16.1 Å². The number of nitrogens with zero attached hydrogens (tertiary/aromatic N) is 1. The quantitative estimate of drug-likeness (QED) is 0.535. The zero-order valence-electron chi connectivity index (χ0n) is 10.3. The molecule has 8 heteroatoms. The highest BCUT2D eigenvalue weighted by Crippen LogP contribution is 2.21. The zero-order chi connectivity index (χ0) is 14.5. The summed E-state index contributed by atoms with van der Waals surface area (Å²) in [6.45, 7) is 0.228. The Balaban J connectivity index is 2.02. The van der Waals surface area contributed by atoms with Gasteiger partial charge in [0.1, 0.15) is 5.75 Å². The number of aromatic hydroxyl groups is 1. The van der Waals surface area contributed by atoms with Crippen molar-refractivity contribution in [3.05, 3.63) is 42.0 Å². The van der Waals surface area contributed by atoms with Crippen LogP contribution in [0.15, 0.2) is 30.7 Å². The monoisotopic (exact) mass is 276 g/mol. The first-order valence-corrected chi connectivity index (χ1v) is 5.64. The number of imidazole rings is 1. The van der Waals surface area contributed by atoms with Crippen LogP contribution >= 0.6 is 0 Å². The molecule has 0 atom stereocenters. The number of benzene rings is 1. The molecular weight excluding hydrogens is 264 g/mol. The Labute approximate surface area is 113 Å². The molecule has 104 valence electrons. The second-order valence-electron chi connectivity index (χ2n) is 3.92. The lowest BCUT2D eigenvalue weighted by atomic mass is 10.1. The number of urea groups is 1. The van der Waals surface area contributed by atoms with E-state index in [0.29, 0.717) is 5.69 Å². The second kappa shape index (κ2) is 5.74. The number of aromatic nitrogens is 2. The average Bonchev–Trinajstić information content (AvgIpc) is 2.91. The Bertz CT molecular complexity index is 624. The van der Waals surface area contributed by atoms with Crippen LogP contribution < -0.4 is 10.6 Å². The first-order chi connectivity index (χ1) is 9.56. The van der Waals surface area contributed by atoms with Crippen molar-refractivity contribution in [3.8, 4) is 5.75 Å². The lowest BCUT2D eigenvalue weighted by Gasteiger charge is -2.09. The SMILES string of the molecule is O=C(NCc1cnc[nH]1)Nc1ccc(O)cc1C(=O)O. The van der Waals surface area contributed by atoms with Crippen LogP contribution in [0.2, 0.25) is 0 Å². The molecule has 0 aliphatic carbocycles. The fraction of sp³-hybridized carbons (Fsp3) is 0.0833. The summed E-state index contributed by atoms with van der Waals surface area (Å²) in [5, 5.41) is 23.2. The molecular formula is C12H12N4O4. The van der Waals surface area contributed by atoms with Gasteiger partial charge in [-0.2, -0.15) is 0 Å². The van der Waals surface area contributed by atoms with Crippen molar-refractivity contribution in [2.24, 2.45) is 0 Å². The molecule has 2 aromatic rings. The third-order valence-corrected chi connectivity index (χ3v) is 2.48. The Morgan fingerprint density at radius 2 is 2.15 bits per heavy atom. The highest BCUT2D eigenvalue weighted by molar-refractivity contribution is 6.00. The summed E-state index contributed by atoms with van der Waals surface area (Å²) in [6, 6.07) is 3.10. The molecule has 0 bridgehead atoms. The van der Waals surface area contributed by atoms with Gasteiger partial charge in [0.2, 0.25) is 0 Å². The van der Waals surface area contributed by atoms with Gasteiger partial charge in [-0.15, -0.1) is 0 Å². The van der Waals surface area contributed by atoms with Gasteiger partial charge in [-0.05, 0) is 18.2 Å². The number of carbonyl (C=O) groups excluding carboxylic acids is 1. The van der Waals surface area contributed by atoms with Gasteiger partial charge < -0.3 is 25.8 Å². The summed E-state index contributed by atoms with van der Waals surface area (Å²) < 4.78 is 0. The van der Waals surface area contributed by atoms with Gasteiger partial charge in [0.05, 0.1) is 29.8 Å². The van der Waals surface area contributed by atoms with E-state index in [-0.39, 0.29) is 23.5 Å². The van der Waals surface area contributed by atoms with Crippen LogP contribution in [0.5, 0.6) is 5.75 Å². The number of hydrogen-bond donors (Lipinski definition) is 5. The minimum Gasteiger partial charge on any atom is -0.508 e. The predicted octanol–water partition coefficient (Wildman–Crippen LogP) is 1.14. The number of H-pyrrole nitrogens is 1. The number of aromatic amines is 1. The molecule has 0 saturated heterocycles. The predicted molar refractivity (Wildman–Crippen MR) is 69.5 cm³/mol. The number of phenols is 1. The topological polar surface area (TPSA) is 127 Å². The first kappa shape index (κ1) is 13.4. The Kier molecular flexibility index (Phi) is 3.85. The summed E-state index contributed by atoms with van der Waals surface area (Å²) in [5.74, 6) is -1.43. The van der Waals surface area contributed by atoms with Crippen LogP contribution in [0, 0.1) is 0 Å². The van der Waals surface area contributed by atoms with E-state index in [1.165, 1.54) is 18.5 Å². The van der Waals surface area contributed by atoms with Crippen LogP contribution in [0.3, 0.4) is 0 Å². The lowest BCUT2D eigenvalue weighted by Crippen LogP contribution is -2.29. The number of phenolic OH excluding ortho intramolecular Hbond substituents is 1. The number of rotatable bonds is 4. The van der Waals surface area contributed by atoms with Crippen molar-refractivity contribution < 1.29 is 19.8 Å². The maximum atomic E-state index is 11.7. The molecule has 0 aliphatic heterocycles. The van der Waals surface area contributed by atoms with Gasteiger partial charge in [0.25, 0.3) is 0 Å². The first-order valence-electron chi connectivity index (χ1n) is 5.64. The normalized spacial score (nSPS) is 10.0. The van der Waals surface area contributed by atoms with E-state index < -0.39 is 12.0 Å². The van der Waals surface area contributed by atoms with Crippen LogP contribution in [0.25, 0.3) is 0 Å². The van der Waals surface area contributed by atoms with E-state index in [0.717, 1.165) is 6.07 Å². The fourth-order valence-electron chi connectivity index (χ4n) is 1.54. The van der Waals surface area contributed by atoms with Gasteiger partial charge >= 0.3 is 12.0 Å². The van der Waals surface area contributed by atoms with Crippen molar-refractivity contribution in [3.63, 3.8) is 0 Å². The van der Waals surface area contributed by atoms with E-state index in [1.807, 2.05) is 0 Å². The van der Waals surface area contributed by atoms with E-state index in [1.54, 1.807) is 6.20 Å². The molecule has 0 radical (unpaired) electrons. The van der Waals surface area contributed by atoms with Gasteiger partial charge in [-0.3, -0.25) is 0 Å². The molecule has 1 heterocycles. The van der Waals surface area contributed by atoms with Gasteiger partial charge in [-0.25, -0.2) is 14.6 Å². The lowest BCUT2D eigenvalue weighted by molar-refractivity contribution is 0.0697. The minimum absolute atomic E-state index is 0.0948. The Hall–Kier alpha value is -3.03. The maximum Gasteiger partial charge on any atom is 0.337 e. The van der Waals surface area contributed by atoms with E-state index in [2.05, 4.69) is 20.6 Å². The Morgan fingerprint density at radius 1 is 1.35 bits per heavy atom. The molecule has 0 fully saturated rings. The van der Waals surface area contributed by atoms with E-state index in [4.69, 9.17) is 5.11 Å². The highest BCUT2D eigenvalue weighted by atomic mass is 16.4. The molecule has 0 spiro atoms. The van der Waals surface area contributed by atoms with E-state index >= 15 is 0 Å². The van der Waals surface area contributed by atoms with Crippen molar-refractivity contribution in [1.82, 2.24) is 15.3 Å². The smallest absolute Gasteiger partial charge is 0.337 e. The number of carbonyl (C=O) groups is 2. The van der Waals surface area contributed by atoms with Crippen molar-refractivity contribution in [2.45, 2.75) is 6.54 Å². The number of carboxylic acids is 1. The molecule has 1 aromatic heterocycles. The van der Waals surface area contributed by atoms with Crippen molar-refractivity contribution in [1.29, 1.82) is 0 Å². The van der Waals surface area contributed by atoms with Crippen LogP contribution in [-0.2, 0) is 6.54 Å². The molecule has 0 unspecified atom stereocenters. The highest BCUT2D eigenvalue weighted by Gasteiger charge is 2.13. The molecule has 5 N–H and O–H groups in total. The van der Waals surface area contributed by atoms with Crippen LogP contribution in [-0.4, -0.2) is 32.2 Å². The fourth-order valence-corrected chi connectivity index (χ4v) is 1.54. The number of aromatic carboxylic acids is 1. The van der Waals surface area contributed by atoms with Crippen LogP contribution in [0.4, 0.5) is 10.5 Å². The maximum absolute atomic E-state index is 11.7. The number of anilines is 1. The summed E-state index contributed by atoms with van der Waals surface area (Å²) in [7, 11) is 0. The van der Waals surface area contributed by atoms with Gasteiger partial charge in [-0.1, -0.05) is 0 Å². The van der Waals surface area contributed by atoms with Crippen molar-refractivity contribution in [2.75, 3.05) is 5.32 Å². The molecule has 20 heavy (non-hydrogen) atoms. The third kappa shape index (κ3) is 3.25. The molecule has 0 aliphatic rings. The zero-order valence-corrected chi connectivity index (χ0v) is 10.3. The number of hydrogen-bond acceptors (Lipinski definition) is 4. The number of carboxylic acid groups (broad SMARTS) is 1. The van der Waals surface area contributed by atoms with Gasteiger partial charge in [0.15, 0.2) is 0 Å². The molecule has 2 amide bonds. The van der Waals surface area contributed by atoms with E-state index in [9.17, 15) is 14.7 Å². The summed E-state index contributed by atoms with van der Waals surface area (Å²) in [4.78, 5) is 29.3. The van der Waals surface area contributed by atoms with Crippen molar-refractivity contribution >= 4 is 17.7 Å². The molecule has 1 aromatic carbocycles.